The van der Waals surface area contributed by atoms with Crippen molar-refractivity contribution in [2.24, 2.45) is 5.92 Å². The normalized spacial score (nSPS) is 21.9. The number of hydrogen-bond acceptors (Lipinski definition) is 4. The summed E-state index contributed by atoms with van der Waals surface area (Å²) < 4.78 is 25.1. The second-order valence-electron chi connectivity index (χ2n) is 4.22. The number of carboxylic acid groups (broad SMARTS) is 1. The molecular weight excluding hydrogens is 232 g/mol. The van der Waals surface area contributed by atoms with Crippen molar-refractivity contribution < 1.29 is 18.3 Å². The molecule has 0 unspecified atom stereocenters. The molecule has 0 saturated carbocycles. The summed E-state index contributed by atoms with van der Waals surface area (Å²) in [5, 5.41) is 8.69. The molecule has 1 fully saturated rings. The fourth-order valence-corrected chi connectivity index (χ4v) is 3.26. The molecule has 1 aliphatic heterocycles. The molecule has 0 aliphatic carbocycles. The van der Waals surface area contributed by atoms with Gasteiger partial charge in [-0.3, -0.25) is 4.79 Å². The summed E-state index contributed by atoms with van der Waals surface area (Å²) in [6.45, 7) is 3.70. The molecule has 7 heteroatoms. The molecule has 1 rings (SSSR count). The quantitative estimate of drug-likeness (QED) is 0.713. The predicted molar refractivity (Wildman–Crippen MR) is 59.7 cm³/mol. The van der Waals surface area contributed by atoms with Crippen LogP contribution in [0.4, 0.5) is 0 Å². The lowest BCUT2D eigenvalue weighted by atomic mass is 10.2. The van der Waals surface area contributed by atoms with E-state index in [0.29, 0.717) is 26.2 Å². The highest BCUT2D eigenvalue weighted by atomic mass is 32.2. The van der Waals surface area contributed by atoms with Crippen LogP contribution in [0.25, 0.3) is 0 Å². The summed E-state index contributed by atoms with van der Waals surface area (Å²) in [7, 11) is -1.49. The van der Waals surface area contributed by atoms with Crippen LogP contribution < -0.4 is 0 Å². The van der Waals surface area contributed by atoms with E-state index in [4.69, 9.17) is 5.11 Å². The Morgan fingerprint density at radius 2 is 1.81 bits per heavy atom. The molecular formula is C9H18N2O4S. The van der Waals surface area contributed by atoms with Gasteiger partial charge in [-0.2, -0.15) is 4.31 Å². The standard InChI is InChI=1S/C9H18N2O4S/c1-8(9(12)13)7-16(14,15)11-5-3-10(2)4-6-11/h8H,3-7H2,1-2H3,(H,12,13)/t8-/m0/s1. The Morgan fingerprint density at radius 3 is 2.25 bits per heavy atom. The summed E-state index contributed by atoms with van der Waals surface area (Å²) in [4.78, 5) is 12.7. The zero-order chi connectivity index (χ0) is 12.3. The molecule has 1 saturated heterocycles. The van der Waals surface area contributed by atoms with E-state index in [1.54, 1.807) is 0 Å². The van der Waals surface area contributed by atoms with Gasteiger partial charge < -0.3 is 10.0 Å². The second-order valence-corrected chi connectivity index (χ2v) is 6.23. The third-order valence-electron chi connectivity index (χ3n) is 2.74. The lowest BCUT2D eigenvalue weighted by Gasteiger charge is -2.31. The highest BCUT2D eigenvalue weighted by Gasteiger charge is 2.29. The highest BCUT2D eigenvalue weighted by Crippen LogP contribution is 2.10. The third kappa shape index (κ3) is 3.43. The predicted octanol–water partition coefficient (Wildman–Crippen LogP) is -0.716. The molecule has 6 nitrogen and oxygen atoms in total. The lowest BCUT2D eigenvalue weighted by molar-refractivity contribution is -0.140. The third-order valence-corrected chi connectivity index (χ3v) is 4.81. The molecule has 0 aromatic heterocycles. The van der Waals surface area contributed by atoms with E-state index < -0.39 is 21.9 Å². The molecule has 0 aromatic rings. The number of hydrogen-bond donors (Lipinski definition) is 1. The first kappa shape index (κ1) is 13.4. The minimum atomic E-state index is -3.43. The molecule has 1 aliphatic rings. The Hall–Kier alpha value is -0.660. The van der Waals surface area contributed by atoms with E-state index >= 15 is 0 Å². The Labute approximate surface area is 95.9 Å². The molecule has 1 heterocycles. The van der Waals surface area contributed by atoms with Gasteiger partial charge in [-0.1, -0.05) is 6.92 Å². The molecule has 0 amide bonds. The Balaban J connectivity index is 2.60. The topological polar surface area (TPSA) is 77.9 Å². The van der Waals surface area contributed by atoms with Crippen molar-refractivity contribution in [2.45, 2.75) is 6.92 Å². The van der Waals surface area contributed by atoms with Gasteiger partial charge in [-0.25, -0.2) is 8.42 Å². The first-order valence-corrected chi connectivity index (χ1v) is 6.83. The summed E-state index contributed by atoms with van der Waals surface area (Å²) in [6.07, 6.45) is 0. The number of nitrogens with zero attached hydrogens (tertiary/aromatic N) is 2. The van der Waals surface area contributed by atoms with Crippen molar-refractivity contribution in [2.75, 3.05) is 39.0 Å². The van der Waals surface area contributed by atoms with Crippen LogP contribution in [0.15, 0.2) is 0 Å². The van der Waals surface area contributed by atoms with E-state index in [1.807, 2.05) is 11.9 Å². The van der Waals surface area contributed by atoms with E-state index in [1.165, 1.54) is 11.2 Å². The van der Waals surface area contributed by atoms with Gasteiger partial charge in [0.25, 0.3) is 0 Å². The largest absolute Gasteiger partial charge is 0.481 e. The zero-order valence-corrected chi connectivity index (χ0v) is 10.4. The molecule has 16 heavy (non-hydrogen) atoms. The number of rotatable bonds is 4. The van der Waals surface area contributed by atoms with Crippen LogP contribution in [0.1, 0.15) is 6.92 Å². The van der Waals surface area contributed by atoms with Crippen LogP contribution in [0.3, 0.4) is 0 Å². The van der Waals surface area contributed by atoms with E-state index in [9.17, 15) is 13.2 Å². The van der Waals surface area contributed by atoms with Gasteiger partial charge in [0, 0.05) is 26.2 Å². The van der Waals surface area contributed by atoms with Crippen LogP contribution >= 0.6 is 0 Å². The Kier molecular flexibility index (Phi) is 4.28. The first-order chi connectivity index (χ1) is 7.33. The van der Waals surface area contributed by atoms with E-state index in [-0.39, 0.29) is 5.75 Å². The van der Waals surface area contributed by atoms with Crippen LogP contribution in [-0.4, -0.2) is 67.7 Å². The summed E-state index contributed by atoms with van der Waals surface area (Å²) in [5.74, 6) is -2.24. The molecule has 0 radical (unpaired) electrons. The van der Waals surface area contributed by atoms with Gasteiger partial charge in [0.05, 0.1) is 11.7 Å². The summed E-state index contributed by atoms with van der Waals surface area (Å²) in [5.41, 5.74) is 0. The van der Waals surface area contributed by atoms with E-state index in [0.717, 1.165) is 0 Å². The van der Waals surface area contributed by atoms with Crippen LogP contribution in [0.5, 0.6) is 0 Å². The minimum absolute atomic E-state index is 0.313. The average molecular weight is 250 g/mol. The molecule has 1 atom stereocenters. The number of piperazine rings is 1. The maximum Gasteiger partial charge on any atom is 0.307 e. The van der Waals surface area contributed by atoms with Gasteiger partial charge >= 0.3 is 5.97 Å². The van der Waals surface area contributed by atoms with Crippen molar-refractivity contribution in [3.63, 3.8) is 0 Å². The highest BCUT2D eigenvalue weighted by molar-refractivity contribution is 7.89. The van der Waals surface area contributed by atoms with Crippen molar-refractivity contribution in [1.82, 2.24) is 9.21 Å². The van der Waals surface area contributed by atoms with Crippen LogP contribution in [0.2, 0.25) is 0 Å². The Bertz CT molecular complexity index is 347. The zero-order valence-electron chi connectivity index (χ0n) is 9.59. The van der Waals surface area contributed by atoms with Gasteiger partial charge in [-0.15, -0.1) is 0 Å². The van der Waals surface area contributed by atoms with Gasteiger partial charge in [0.15, 0.2) is 0 Å². The van der Waals surface area contributed by atoms with Crippen molar-refractivity contribution in [3.8, 4) is 0 Å². The number of sulfonamides is 1. The van der Waals surface area contributed by atoms with Crippen molar-refractivity contribution >= 4 is 16.0 Å². The molecule has 0 spiro atoms. The summed E-state index contributed by atoms with van der Waals surface area (Å²) >= 11 is 0. The van der Waals surface area contributed by atoms with Crippen LogP contribution in [0, 0.1) is 5.92 Å². The summed E-state index contributed by atoms with van der Waals surface area (Å²) in [6, 6.07) is 0. The number of likely N-dealkylation sites (N-methyl/N-ethyl adjacent to an activating group) is 1. The number of carboxylic acids is 1. The smallest absolute Gasteiger partial charge is 0.307 e. The van der Waals surface area contributed by atoms with Gasteiger partial charge in [0.1, 0.15) is 0 Å². The molecule has 0 aromatic carbocycles. The average Bonchev–Trinajstić information content (AvgIpc) is 2.17. The van der Waals surface area contributed by atoms with Crippen molar-refractivity contribution in [1.29, 1.82) is 0 Å². The monoisotopic (exact) mass is 250 g/mol. The first-order valence-electron chi connectivity index (χ1n) is 5.22. The van der Waals surface area contributed by atoms with E-state index in [2.05, 4.69) is 0 Å². The van der Waals surface area contributed by atoms with Crippen molar-refractivity contribution in [3.05, 3.63) is 0 Å². The fourth-order valence-electron chi connectivity index (χ4n) is 1.56. The molecule has 1 N–H and O–H groups in total. The lowest BCUT2D eigenvalue weighted by Crippen LogP contribution is -2.48. The molecule has 0 bridgehead atoms. The number of aliphatic carboxylic acids is 1. The Morgan fingerprint density at radius 1 is 1.31 bits per heavy atom. The number of carbonyl (C=O) groups is 1. The SMILES string of the molecule is C[C@@H](CS(=O)(=O)N1CCN(C)CC1)C(=O)O. The maximum absolute atomic E-state index is 11.9. The van der Waals surface area contributed by atoms with Crippen LogP contribution in [-0.2, 0) is 14.8 Å². The second kappa shape index (κ2) is 5.11. The minimum Gasteiger partial charge on any atom is -0.481 e. The van der Waals surface area contributed by atoms with Gasteiger partial charge in [0.2, 0.25) is 10.0 Å². The molecule has 94 valence electrons. The van der Waals surface area contributed by atoms with Gasteiger partial charge in [-0.05, 0) is 7.05 Å². The maximum atomic E-state index is 11.9. The fraction of sp³-hybridized carbons (Fsp3) is 0.889.